The zero-order valence-corrected chi connectivity index (χ0v) is 23.4. The van der Waals surface area contributed by atoms with Gasteiger partial charge in [-0.1, -0.05) is 48.9 Å². The second-order valence-corrected chi connectivity index (χ2v) is 9.72. The molecule has 40 heavy (non-hydrogen) atoms. The van der Waals surface area contributed by atoms with Gasteiger partial charge in [0.15, 0.2) is 0 Å². The van der Waals surface area contributed by atoms with E-state index in [2.05, 4.69) is 15.5 Å². The fourth-order valence-electron chi connectivity index (χ4n) is 4.34. The Labute approximate surface area is 237 Å². The van der Waals surface area contributed by atoms with Crippen LogP contribution in [0.4, 0.5) is 8.78 Å². The lowest BCUT2D eigenvalue weighted by molar-refractivity contribution is -0.123. The van der Waals surface area contributed by atoms with Crippen molar-refractivity contribution in [1.82, 2.24) is 20.4 Å². The molecule has 1 aromatic heterocycles. The Morgan fingerprint density at radius 3 is 2.52 bits per heavy atom. The van der Waals surface area contributed by atoms with Gasteiger partial charge in [0.05, 0.1) is 15.9 Å². The van der Waals surface area contributed by atoms with Crippen molar-refractivity contribution in [3.8, 4) is 5.75 Å². The zero-order chi connectivity index (χ0) is 28.6. The Morgan fingerprint density at radius 2 is 1.82 bits per heavy atom. The average Bonchev–Trinajstić information content (AvgIpc) is 3.31. The zero-order valence-electron chi connectivity index (χ0n) is 22.6. The van der Waals surface area contributed by atoms with Crippen LogP contribution in [0, 0.1) is 11.8 Å². The second-order valence-electron chi connectivity index (χ2n) is 9.31. The van der Waals surface area contributed by atoms with E-state index in [1.807, 2.05) is 37.3 Å². The summed E-state index contributed by atoms with van der Waals surface area (Å²) in [5.41, 5.74) is 4.64. The first kappa shape index (κ1) is 29.0. The molecular formula is C31H31ClF2N4O2. The lowest BCUT2D eigenvalue weighted by Crippen LogP contribution is -2.22. The molecule has 0 spiro atoms. The second kappa shape index (κ2) is 13.4. The molecule has 1 amide bonds. The summed E-state index contributed by atoms with van der Waals surface area (Å²) in [5.74, 6) is -0.292. The molecule has 4 rings (SSSR count). The van der Waals surface area contributed by atoms with Crippen molar-refractivity contribution in [3.63, 3.8) is 0 Å². The maximum atomic E-state index is 14.4. The maximum absolute atomic E-state index is 14.4. The monoisotopic (exact) mass is 564 g/mol. The first-order chi connectivity index (χ1) is 19.3. The summed E-state index contributed by atoms with van der Waals surface area (Å²) in [7, 11) is 3.41. The molecule has 0 saturated heterocycles. The number of hydrogen-bond acceptors (Lipinski definition) is 4. The van der Waals surface area contributed by atoms with Crippen LogP contribution in [0.3, 0.4) is 0 Å². The van der Waals surface area contributed by atoms with Crippen LogP contribution in [0.5, 0.6) is 5.75 Å². The number of ether oxygens (including phenoxy) is 1. The number of amides is 1. The number of halogens is 3. The molecular weight excluding hydrogens is 534 g/mol. The number of carbonyl (C=O) groups excluding carboxylic acids is 1. The van der Waals surface area contributed by atoms with Gasteiger partial charge in [-0.25, -0.2) is 4.39 Å². The predicted octanol–water partition coefficient (Wildman–Crippen LogP) is 6.48. The first-order valence-electron chi connectivity index (χ1n) is 12.9. The Balaban J connectivity index is 1.58. The molecule has 0 fully saturated rings. The third-order valence-corrected chi connectivity index (χ3v) is 6.67. The standard InChI is InChI=1S/C31H31ClF2N4O2/c1-4-24(25-13-10-22(33)19-27(25)32)30(21-9-14-28-26(18-21)31(34)37-36-28)20-7-11-23(12-8-20)40-17-16-35-15-5-6-29(39)38(2)3/h5-14,18-19,35H,4,15-17H2,1-3H3,(H,36,37)/b6-5?,30-24+. The van der Waals surface area contributed by atoms with Crippen molar-refractivity contribution in [1.29, 1.82) is 0 Å². The normalized spacial score (nSPS) is 12.2. The number of carbonyl (C=O) groups is 1. The molecule has 0 aliphatic rings. The Hall–Kier alpha value is -4.01. The van der Waals surface area contributed by atoms with Crippen molar-refractivity contribution in [3.05, 3.63) is 106 Å². The van der Waals surface area contributed by atoms with Crippen LogP contribution in [0.1, 0.15) is 30.0 Å². The van der Waals surface area contributed by atoms with Crippen LogP contribution in [0.25, 0.3) is 22.0 Å². The first-order valence-corrected chi connectivity index (χ1v) is 13.3. The largest absolute Gasteiger partial charge is 0.492 e. The minimum atomic E-state index is -0.508. The third-order valence-electron chi connectivity index (χ3n) is 6.36. The number of aromatic nitrogens is 2. The summed E-state index contributed by atoms with van der Waals surface area (Å²) in [5, 5.41) is 10.3. The smallest absolute Gasteiger partial charge is 0.245 e. The SMILES string of the molecule is CC/C(=C(/c1ccc(OCCNCC=CC(=O)N(C)C)cc1)c1ccc2n[nH]c(F)c2c1)c1ccc(F)cc1Cl. The molecule has 0 saturated carbocycles. The number of nitrogens with one attached hydrogen (secondary N) is 2. The van der Waals surface area contributed by atoms with Gasteiger partial charge in [0.1, 0.15) is 18.2 Å². The highest BCUT2D eigenvalue weighted by molar-refractivity contribution is 6.32. The van der Waals surface area contributed by atoms with E-state index in [0.717, 1.165) is 22.3 Å². The van der Waals surface area contributed by atoms with Gasteiger partial charge in [-0.3, -0.25) is 9.89 Å². The quantitative estimate of drug-likeness (QED) is 0.124. The molecule has 0 atom stereocenters. The summed E-state index contributed by atoms with van der Waals surface area (Å²) < 4.78 is 34.1. The highest BCUT2D eigenvalue weighted by Gasteiger charge is 2.17. The number of rotatable bonds is 11. The van der Waals surface area contributed by atoms with Crippen molar-refractivity contribution in [2.75, 3.05) is 33.8 Å². The molecule has 9 heteroatoms. The van der Waals surface area contributed by atoms with E-state index in [9.17, 15) is 13.6 Å². The van der Waals surface area contributed by atoms with Crippen LogP contribution in [-0.4, -0.2) is 54.8 Å². The van der Waals surface area contributed by atoms with Crippen LogP contribution < -0.4 is 10.1 Å². The topological polar surface area (TPSA) is 70.2 Å². The number of aromatic amines is 1. The van der Waals surface area contributed by atoms with E-state index in [4.69, 9.17) is 16.3 Å². The van der Waals surface area contributed by atoms with Gasteiger partial charge in [-0.15, -0.1) is 0 Å². The lowest BCUT2D eigenvalue weighted by atomic mass is 9.87. The van der Waals surface area contributed by atoms with Gasteiger partial charge < -0.3 is 15.0 Å². The molecule has 0 unspecified atom stereocenters. The van der Waals surface area contributed by atoms with Gasteiger partial charge in [-0.2, -0.15) is 9.49 Å². The minimum absolute atomic E-state index is 0.0608. The molecule has 6 nitrogen and oxygen atoms in total. The van der Waals surface area contributed by atoms with E-state index in [1.165, 1.54) is 23.1 Å². The van der Waals surface area contributed by atoms with Crippen molar-refractivity contribution in [2.45, 2.75) is 13.3 Å². The Morgan fingerprint density at radius 1 is 1.07 bits per heavy atom. The summed E-state index contributed by atoms with van der Waals surface area (Å²) >= 11 is 6.48. The number of hydrogen-bond donors (Lipinski definition) is 2. The molecule has 0 bridgehead atoms. The molecule has 0 radical (unpaired) electrons. The van der Waals surface area contributed by atoms with Crippen molar-refractivity contribution in [2.24, 2.45) is 0 Å². The molecule has 4 aromatic rings. The Bertz CT molecular complexity index is 1540. The molecule has 3 aromatic carbocycles. The molecule has 1 heterocycles. The minimum Gasteiger partial charge on any atom is -0.492 e. The fraction of sp³-hybridized carbons (Fsp3) is 0.226. The average molecular weight is 565 g/mol. The summed E-state index contributed by atoms with van der Waals surface area (Å²) in [4.78, 5) is 13.1. The van der Waals surface area contributed by atoms with Gasteiger partial charge in [0, 0.05) is 33.3 Å². The summed E-state index contributed by atoms with van der Waals surface area (Å²) in [6.45, 7) is 3.61. The highest BCUT2D eigenvalue weighted by atomic mass is 35.5. The van der Waals surface area contributed by atoms with Crippen LogP contribution in [0.15, 0.2) is 72.8 Å². The van der Waals surface area contributed by atoms with Crippen LogP contribution in [-0.2, 0) is 4.79 Å². The van der Waals surface area contributed by atoms with Crippen molar-refractivity contribution >= 4 is 39.6 Å². The maximum Gasteiger partial charge on any atom is 0.245 e. The molecule has 0 aliphatic heterocycles. The van der Waals surface area contributed by atoms with Crippen LogP contribution in [0.2, 0.25) is 5.02 Å². The van der Waals surface area contributed by atoms with Crippen LogP contribution >= 0.6 is 11.6 Å². The molecule has 2 N–H and O–H groups in total. The molecule has 0 aliphatic carbocycles. The third kappa shape index (κ3) is 6.94. The van der Waals surface area contributed by atoms with Crippen molar-refractivity contribution < 1.29 is 18.3 Å². The number of benzene rings is 3. The summed E-state index contributed by atoms with van der Waals surface area (Å²) in [6.07, 6.45) is 3.90. The number of fused-ring (bicyclic) bond motifs is 1. The van der Waals surface area contributed by atoms with E-state index in [1.54, 1.807) is 38.4 Å². The van der Waals surface area contributed by atoms with Gasteiger partial charge in [0.2, 0.25) is 11.9 Å². The lowest BCUT2D eigenvalue weighted by Gasteiger charge is -2.18. The van der Waals surface area contributed by atoms with Gasteiger partial charge >= 0.3 is 0 Å². The number of likely N-dealkylation sites (N-methyl/N-ethyl adjacent to an activating group) is 1. The van der Waals surface area contributed by atoms with E-state index in [0.29, 0.717) is 53.4 Å². The Kier molecular flexibility index (Phi) is 9.69. The molecule has 208 valence electrons. The highest BCUT2D eigenvalue weighted by Crippen LogP contribution is 2.38. The fourth-order valence-corrected chi connectivity index (χ4v) is 4.62. The predicted molar refractivity (Wildman–Crippen MR) is 156 cm³/mol. The summed E-state index contributed by atoms with van der Waals surface area (Å²) in [6, 6.07) is 17.4. The van der Waals surface area contributed by atoms with E-state index in [-0.39, 0.29) is 5.91 Å². The number of H-pyrrole nitrogens is 1. The van der Waals surface area contributed by atoms with E-state index >= 15 is 0 Å². The van der Waals surface area contributed by atoms with E-state index < -0.39 is 11.8 Å². The number of allylic oxidation sites excluding steroid dienone is 1. The van der Waals surface area contributed by atoms with Gasteiger partial charge in [-0.05, 0) is 70.7 Å². The van der Waals surface area contributed by atoms with Gasteiger partial charge in [0.25, 0.3) is 0 Å². The number of nitrogens with zero attached hydrogens (tertiary/aromatic N) is 2.